The van der Waals surface area contributed by atoms with Crippen molar-refractivity contribution >= 4 is 55.2 Å². The average Bonchev–Trinajstić information content (AvgIpc) is 3.52. The molecule has 0 saturated carbocycles. The van der Waals surface area contributed by atoms with Gasteiger partial charge in [-0.2, -0.15) is 0 Å². The van der Waals surface area contributed by atoms with Crippen LogP contribution < -0.4 is 10.1 Å². The van der Waals surface area contributed by atoms with Crippen molar-refractivity contribution in [3.8, 4) is 17.0 Å². The fourth-order valence-electron chi connectivity index (χ4n) is 4.72. The maximum atomic E-state index is 15.3. The number of nitrogens with zero attached hydrogens (tertiary/aromatic N) is 5. The number of hydrogen-bond acceptors (Lipinski definition) is 10. The molecule has 0 amide bonds. The largest absolute Gasteiger partial charge is 0.487 e. The summed E-state index contributed by atoms with van der Waals surface area (Å²) in [7, 11) is -1.72. The molecule has 6 aromatic rings. The van der Waals surface area contributed by atoms with Gasteiger partial charge in [0.2, 0.25) is 0 Å². The highest BCUT2D eigenvalue weighted by Gasteiger charge is 2.18. The van der Waals surface area contributed by atoms with Gasteiger partial charge < -0.3 is 10.1 Å². The van der Waals surface area contributed by atoms with Gasteiger partial charge >= 0.3 is 0 Å². The topological polar surface area (TPSA) is 110 Å². The fourth-order valence-corrected chi connectivity index (χ4v) is 7.10. The molecule has 1 N–H and O–H groups in total. The zero-order chi connectivity index (χ0) is 33.0. The molecule has 0 unspecified atom stereocenters. The third kappa shape index (κ3) is 7.88. The minimum atomic E-state index is -3.52. The third-order valence-electron chi connectivity index (χ3n) is 7.13. The Bertz CT molecular complexity index is 2150. The first kappa shape index (κ1) is 32.4. The van der Waals surface area contributed by atoms with Gasteiger partial charge in [0, 0.05) is 40.8 Å². The van der Waals surface area contributed by atoms with E-state index in [4.69, 9.17) is 16.3 Å². The normalized spacial score (nSPS) is 11.7. The van der Waals surface area contributed by atoms with Crippen LogP contribution >= 0.6 is 22.9 Å². The third-order valence-corrected chi connectivity index (χ3v) is 9.86. The van der Waals surface area contributed by atoms with Crippen LogP contribution in [0.15, 0.2) is 95.7 Å². The summed E-state index contributed by atoms with van der Waals surface area (Å²) in [5.74, 6) is -0.0636. The molecule has 3 aromatic carbocycles. The van der Waals surface area contributed by atoms with Gasteiger partial charge in [-0.25, -0.2) is 37.1 Å². The maximum absolute atomic E-state index is 15.3. The lowest BCUT2D eigenvalue weighted by Crippen LogP contribution is -2.25. The van der Waals surface area contributed by atoms with E-state index in [2.05, 4.69) is 25.3 Å². The van der Waals surface area contributed by atoms with Gasteiger partial charge in [-0.15, -0.1) is 11.3 Å². The summed E-state index contributed by atoms with van der Waals surface area (Å²) in [6, 6.07) is 19.0. The number of rotatable bonds is 12. The molecule has 0 atom stereocenters. The molecule has 0 aliphatic rings. The lowest BCUT2D eigenvalue weighted by molar-refractivity contribution is 0.306. The Morgan fingerprint density at radius 3 is 2.66 bits per heavy atom. The maximum Gasteiger partial charge on any atom is 0.196 e. The van der Waals surface area contributed by atoms with Crippen molar-refractivity contribution < 1.29 is 21.9 Å². The predicted octanol–water partition coefficient (Wildman–Crippen LogP) is 7.31. The Balaban J connectivity index is 1.15. The Morgan fingerprint density at radius 1 is 1.00 bits per heavy atom. The van der Waals surface area contributed by atoms with E-state index in [9.17, 15) is 12.8 Å². The van der Waals surface area contributed by atoms with Crippen LogP contribution in [0.3, 0.4) is 0 Å². The zero-order valence-corrected chi connectivity index (χ0v) is 27.3. The second kappa shape index (κ2) is 14.1. The summed E-state index contributed by atoms with van der Waals surface area (Å²) in [4.78, 5) is 19.0. The number of thiazole rings is 1. The highest BCUT2D eigenvalue weighted by Crippen LogP contribution is 2.34. The summed E-state index contributed by atoms with van der Waals surface area (Å²) in [5.41, 5.74) is 2.40. The minimum Gasteiger partial charge on any atom is -0.487 e. The number of halogens is 3. The van der Waals surface area contributed by atoms with E-state index in [1.165, 1.54) is 48.1 Å². The summed E-state index contributed by atoms with van der Waals surface area (Å²) < 4.78 is 59.8. The number of ether oxygens (including phenoxy) is 1. The van der Waals surface area contributed by atoms with E-state index in [1.807, 2.05) is 4.90 Å². The molecule has 3 aromatic heterocycles. The first-order chi connectivity index (χ1) is 22.6. The van der Waals surface area contributed by atoms with Crippen LogP contribution in [0, 0.1) is 11.6 Å². The number of aromatic nitrogens is 4. The predicted molar refractivity (Wildman–Crippen MR) is 179 cm³/mol. The quantitative estimate of drug-likeness (QED) is 0.141. The Labute approximate surface area is 278 Å². The smallest absolute Gasteiger partial charge is 0.196 e. The Morgan fingerprint density at radius 2 is 1.87 bits per heavy atom. The zero-order valence-electron chi connectivity index (χ0n) is 24.9. The summed E-state index contributed by atoms with van der Waals surface area (Å²) in [6.07, 6.45) is 2.79. The van der Waals surface area contributed by atoms with Crippen molar-refractivity contribution in [1.82, 2.24) is 24.8 Å². The van der Waals surface area contributed by atoms with E-state index in [0.717, 1.165) is 0 Å². The van der Waals surface area contributed by atoms with Crippen molar-refractivity contribution in [2.24, 2.45) is 0 Å². The van der Waals surface area contributed by atoms with E-state index >= 15 is 4.39 Å². The van der Waals surface area contributed by atoms with E-state index < -0.39 is 15.7 Å². The second-order valence-corrected chi connectivity index (χ2v) is 14.0. The molecule has 0 radical (unpaired) electrons. The number of hydrogen-bond donors (Lipinski definition) is 1. The van der Waals surface area contributed by atoms with Gasteiger partial charge in [-0.1, -0.05) is 29.8 Å². The van der Waals surface area contributed by atoms with Crippen LogP contribution in [-0.4, -0.2) is 52.6 Å². The number of pyridine rings is 1. The summed E-state index contributed by atoms with van der Waals surface area (Å²) in [5, 5.41) is 6.64. The molecule has 14 heteroatoms. The molecule has 0 aliphatic heterocycles. The first-order valence-electron chi connectivity index (χ1n) is 14.3. The van der Waals surface area contributed by atoms with Gasteiger partial charge in [0.15, 0.2) is 14.9 Å². The molecule has 0 aliphatic carbocycles. The molecule has 9 nitrogen and oxygen atoms in total. The van der Waals surface area contributed by atoms with Gasteiger partial charge in [0.05, 0.1) is 28.5 Å². The van der Waals surface area contributed by atoms with E-state index in [0.29, 0.717) is 56.0 Å². The Kier molecular flexibility index (Phi) is 9.68. The molecule has 0 bridgehead atoms. The van der Waals surface area contributed by atoms with Crippen molar-refractivity contribution in [1.29, 1.82) is 0 Å². The van der Waals surface area contributed by atoms with Gasteiger partial charge in [-0.05, 0) is 61.1 Å². The number of anilines is 2. The molecule has 0 saturated heterocycles. The molecule has 6 rings (SSSR count). The van der Waals surface area contributed by atoms with Crippen molar-refractivity contribution in [2.75, 3.05) is 24.7 Å². The molecule has 3 heterocycles. The SMILES string of the molecule is CN(CCS(=O)(=O)c1ccccn1)Cc1nc(-c2cc3c(Nc4ccc(OCc5cccc(F)c5)c(Cl)c4)ncnc3cc2F)cs1. The van der Waals surface area contributed by atoms with Crippen molar-refractivity contribution in [2.45, 2.75) is 18.2 Å². The van der Waals surface area contributed by atoms with Crippen LogP contribution in [0.4, 0.5) is 20.3 Å². The van der Waals surface area contributed by atoms with Crippen LogP contribution in [0.2, 0.25) is 5.02 Å². The second-order valence-electron chi connectivity index (χ2n) is 10.6. The lowest BCUT2D eigenvalue weighted by Gasteiger charge is -2.14. The molecular formula is C33H27ClF2N6O3S2. The lowest BCUT2D eigenvalue weighted by atomic mass is 10.1. The van der Waals surface area contributed by atoms with E-state index in [1.54, 1.807) is 61.0 Å². The van der Waals surface area contributed by atoms with Gasteiger partial charge in [0.25, 0.3) is 0 Å². The average molecular weight is 693 g/mol. The van der Waals surface area contributed by atoms with Gasteiger partial charge in [0.1, 0.15) is 41.1 Å². The molecular weight excluding hydrogens is 666 g/mol. The van der Waals surface area contributed by atoms with Crippen LogP contribution in [0.5, 0.6) is 5.75 Å². The highest BCUT2D eigenvalue weighted by atomic mass is 35.5. The number of benzene rings is 3. The monoisotopic (exact) mass is 692 g/mol. The van der Waals surface area contributed by atoms with Crippen molar-refractivity contribution in [3.05, 3.63) is 118 Å². The Hall–Kier alpha value is -4.56. The molecule has 240 valence electrons. The van der Waals surface area contributed by atoms with Crippen LogP contribution in [0.1, 0.15) is 10.6 Å². The van der Waals surface area contributed by atoms with Gasteiger partial charge in [-0.3, -0.25) is 4.90 Å². The minimum absolute atomic E-state index is 0.0429. The molecule has 0 fully saturated rings. The molecule has 47 heavy (non-hydrogen) atoms. The first-order valence-corrected chi connectivity index (χ1v) is 17.2. The van der Waals surface area contributed by atoms with Crippen molar-refractivity contribution in [3.63, 3.8) is 0 Å². The fraction of sp³-hybridized carbons (Fsp3) is 0.152. The number of nitrogens with one attached hydrogen (secondary N) is 1. The molecule has 0 spiro atoms. The van der Waals surface area contributed by atoms with Crippen LogP contribution in [0.25, 0.3) is 22.2 Å². The summed E-state index contributed by atoms with van der Waals surface area (Å²) >= 11 is 7.84. The summed E-state index contributed by atoms with van der Waals surface area (Å²) in [6.45, 7) is 0.808. The number of fused-ring (bicyclic) bond motifs is 1. The van der Waals surface area contributed by atoms with Crippen LogP contribution in [-0.2, 0) is 23.0 Å². The standard InChI is InChI=1S/C33H27ClF2N6O3S2/c1-42(11-12-47(43,44)32-7-2-3-10-37-32)17-31-41-29(19-46-31)24-15-25-28(16-27(24)36)38-20-39-33(25)40-23-8-9-30(26(34)14-23)45-18-21-5-4-6-22(35)13-21/h2-10,13-16,19-20H,11-12,17-18H2,1H3,(H,38,39,40). The highest BCUT2D eigenvalue weighted by molar-refractivity contribution is 7.91. The number of sulfone groups is 1. The van der Waals surface area contributed by atoms with E-state index in [-0.39, 0.29) is 35.3 Å².